The first-order valence-corrected chi connectivity index (χ1v) is 13.9. The van der Waals surface area contributed by atoms with E-state index < -0.39 is 0 Å². The molecule has 38 heavy (non-hydrogen) atoms. The molecule has 10 heteroatoms. The van der Waals surface area contributed by atoms with Crippen molar-refractivity contribution in [3.05, 3.63) is 47.8 Å². The van der Waals surface area contributed by atoms with Crippen LogP contribution >= 0.6 is 11.3 Å². The lowest BCUT2D eigenvalue weighted by atomic mass is 9.98. The molecule has 1 aromatic carbocycles. The Morgan fingerprint density at radius 2 is 1.79 bits per heavy atom. The molecule has 2 fully saturated rings. The molecule has 4 aromatic rings. The second kappa shape index (κ2) is 10.3. The quantitative estimate of drug-likeness (QED) is 0.414. The second-order valence-corrected chi connectivity index (χ2v) is 11.1. The van der Waals surface area contributed by atoms with Gasteiger partial charge in [-0.25, -0.2) is 19.9 Å². The smallest absolute Gasteiger partial charge is 0.253 e. The number of likely N-dealkylation sites (tertiary alicyclic amines) is 1. The van der Waals surface area contributed by atoms with E-state index in [0.29, 0.717) is 30.5 Å². The summed E-state index contributed by atoms with van der Waals surface area (Å²) in [6.07, 6.45) is 5.44. The predicted octanol–water partition coefficient (Wildman–Crippen LogP) is 4.41. The molecule has 2 N–H and O–H groups in total. The number of hydrogen-bond donors (Lipinski definition) is 1. The molecule has 0 atom stereocenters. The number of amides is 1. The van der Waals surface area contributed by atoms with Gasteiger partial charge in [-0.15, -0.1) is 11.3 Å². The number of aryl methyl sites for hydroxylation is 1. The summed E-state index contributed by atoms with van der Waals surface area (Å²) in [4.78, 5) is 36.9. The Kier molecular flexibility index (Phi) is 6.67. The lowest BCUT2D eigenvalue weighted by Gasteiger charge is -2.30. The van der Waals surface area contributed by atoms with E-state index in [2.05, 4.69) is 34.8 Å². The van der Waals surface area contributed by atoms with Gasteiger partial charge in [-0.2, -0.15) is 0 Å². The summed E-state index contributed by atoms with van der Waals surface area (Å²) >= 11 is 1.68. The molecule has 3 aromatic heterocycles. The Balaban J connectivity index is 1.43. The predicted molar refractivity (Wildman–Crippen MR) is 150 cm³/mol. The van der Waals surface area contributed by atoms with Crippen molar-refractivity contribution < 1.29 is 9.53 Å². The molecule has 0 radical (unpaired) electrons. The summed E-state index contributed by atoms with van der Waals surface area (Å²) in [5.74, 6) is 2.45. The van der Waals surface area contributed by atoms with Gasteiger partial charge in [0, 0.05) is 49.0 Å². The lowest BCUT2D eigenvalue weighted by molar-refractivity contribution is 0.0697. The summed E-state index contributed by atoms with van der Waals surface area (Å²) in [6, 6.07) is 7.99. The summed E-state index contributed by atoms with van der Waals surface area (Å²) in [7, 11) is 0. The minimum Gasteiger partial charge on any atom is -0.378 e. The topological polar surface area (TPSA) is 110 Å². The summed E-state index contributed by atoms with van der Waals surface area (Å²) in [6.45, 7) is 8.82. The van der Waals surface area contributed by atoms with E-state index in [1.54, 1.807) is 23.7 Å². The van der Waals surface area contributed by atoms with Gasteiger partial charge >= 0.3 is 0 Å². The molecule has 2 saturated heterocycles. The van der Waals surface area contributed by atoms with Gasteiger partial charge in [0.25, 0.3) is 5.91 Å². The average Bonchev–Trinajstić information content (AvgIpc) is 3.30. The molecule has 9 nitrogen and oxygen atoms in total. The van der Waals surface area contributed by atoms with E-state index in [9.17, 15) is 4.79 Å². The van der Waals surface area contributed by atoms with Crippen molar-refractivity contribution in [2.24, 2.45) is 5.92 Å². The first-order valence-electron chi connectivity index (χ1n) is 13.1. The summed E-state index contributed by atoms with van der Waals surface area (Å²) in [5, 5.41) is 0. The van der Waals surface area contributed by atoms with Crippen molar-refractivity contribution >= 4 is 39.2 Å². The van der Waals surface area contributed by atoms with E-state index in [0.717, 1.165) is 76.6 Å². The highest BCUT2D eigenvalue weighted by molar-refractivity contribution is 7.23. The van der Waals surface area contributed by atoms with E-state index in [-0.39, 0.29) is 11.9 Å². The Bertz CT molecular complexity index is 1470. The van der Waals surface area contributed by atoms with Crippen molar-refractivity contribution in [3.63, 3.8) is 0 Å². The fourth-order valence-electron chi connectivity index (χ4n) is 5.11. The number of nitrogens with two attached hydrogens (primary N) is 1. The van der Waals surface area contributed by atoms with E-state index in [1.807, 2.05) is 23.1 Å². The number of rotatable bonds is 4. The number of hydrogen-bond acceptors (Lipinski definition) is 9. The monoisotopic (exact) mass is 529 g/mol. The number of aromatic nitrogens is 4. The maximum absolute atomic E-state index is 13.3. The number of benzene rings is 1. The van der Waals surface area contributed by atoms with Crippen LogP contribution in [0, 0.1) is 12.8 Å². The number of nitrogens with zero attached hydrogens (tertiary/aromatic N) is 6. The number of thiophene rings is 1. The fraction of sp³-hybridized carbons (Fsp3) is 0.393. The van der Waals surface area contributed by atoms with Gasteiger partial charge in [-0.1, -0.05) is 19.1 Å². The molecule has 0 saturated carbocycles. The normalized spacial score (nSPS) is 16.8. The Morgan fingerprint density at radius 3 is 2.53 bits per heavy atom. The van der Waals surface area contributed by atoms with Crippen LogP contribution in [-0.2, 0) is 4.74 Å². The van der Waals surface area contributed by atoms with Crippen LogP contribution in [0.15, 0.2) is 36.7 Å². The molecule has 0 unspecified atom stereocenters. The highest BCUT2D eigenvalue weighted by atomic mass is 32.1. The molecule has 0 spiro atoms. The molecular weight excluding hydrogens is 498 g/mol. The van der Waals surface area contributed by atoms with Gasteiger partial charge in [0.1, 0.15) is 0 Å². The van der Waals surface area contributed by atoms with Gasteiger partial charge < -0.3 is 20.3 Å². The number of anilines is 2. The molecule has 6 rings (SSSR count). The minimum absolute atomic E-state index is 0.108. The zero-order valence-electron chi connectivity index (χ0n) is 21.7. The number of morpholine rings is 1. The van der Waals surface area contributed by atoms with Crippen LogP contribution < -0.4 is 10.6 Å². The number of piperidine rings is 1. The van der Waals surface area contributed by atoms with Gasteiger partial charge in [-0.3, -0.25) is 4.79 Å². The molecular formula is C28H31N7O2S. The van der Waals surface area contributed by atoms with Crippen LogP contribution in [0.4, 0.5) is 11.8 Å². The van der Waals surface area contributed by atoms with E-state index in [4.69, 9.17) is 20.4 Å². The highest BCUT2D eigenvalue weighted by Crippen LogP contribution is 2.42. The van der Waals surface area contributed by atoms with Crippen LogP contribution in [0.25, 0.3) is 32.0 Å². The third-order valence-corrected chi connectivity index (χ3v) is 8.76. The van der Waals surface area contributed by atoms with Gasteiger partial charge in [0.05, 0.1) is 29.0 Å². The first-order chi connectivity index (χ1) is 18.5. The molecule has 0 aliphatic carbocycles. The maximum Gasteiger partial charge on any atom is 0.253 e. The molecule has 2 aliphatic heterocycles. The third kappa shape index (κ3) is 4.69. The van der Waals surface area contributed by atoms with Gasteiger partial charge in [-0.05, 0) is 48.9 Å². The summed E-state index contributed by atoms with van der Waals surface area (Å²) in [5.41, 5.74) is 10.1. The molecule has 196 valence electrons. The Hall–Kier alpha value is -3.63. The molecule has 2 aliphatic rings. The van der Waals surface area contributed by atoms with Crippen molar-refractivity contribution in [1.82, 2.24) is 24.8 Å². The SMILES string of the molecule is Cc1c(-c2cccc(C(=O)N3CCC(C)CC3)c2)sc2c(N3CCOCC3)nc(-c3cnc(N)nc3)nc12. The lowest BCUT2D eigenvalue weighted by Crippen LogP contribution is -2.37. The number of nitrogen functional groups attached to an aromatic ring is 1. The van der Waals surface area contributed by atoms with Crippen molar-refractivity contribution in [3.8, 4) is 21.8 Å². The van der Waals surface area contributed by atoms with Crippen LogP contribution in [0.1, 0.15) is 35.7 Å². The Morgan fingerprint density at radius 1 is 1.05 bits per heavy atom. The van der Waals surface area contributed by atoms with Crippen LogP contribution in [0.2, 0.25) is 0 Å². The maximum atomic E-state index is 13.3. The van der Waals surface area contributed by atoms with Crippen molar-refractivity contribution in [1.29, 1.82) is 0 Å². The van der Waals surface area contributed by atoms with Gasteiger partial charge in [0.2, 0.25) is 5.95 Å². The largest absolute Gasteiger partial charge is 0.378 e. The zero-order chi connectivity index (χ0) is 26.2. The minimum atomic E-state index is 0.108. The van der Waals surface area contributed by atoms with Crippen LogP contribution in [-0.4, -0.2) is 70.1 Å². The fourth-order valence-corrected chi connectivity index (χ4v) is 6.37. The van der Waals surface area contributed by atoms with Crippen molar-refractivity contribution in [2.45, 2.75) is 26.7 Å². The number of carbonyl (C=O) groups excluding carboxylic acids is 1. The average molecular weight is 530 g/mol. The molecule has 5 heterocycles. The third-order valence-electron chi connectivity index (χ3n) is 7.43. The second-order valence-electron chi connectivity index (χ2n) is 10.1. The zero-order valence-corrected chi connectivity index (χ0v) is 22.5. The highest BCUT2D eigenvalue weighted by Gasteiger charge is 2.25. The Labute approximate surface area is 225 Å². The standard InChI is InChI=1S/C28H31N7O2S/c1-17-6-8-35(9-7-17)27(36)20-5-3-4-19(14-20)23-18(2)22-24(38-23)26(34-10-12-37-13-11-34)33-25(32-22)21-15-30-28(29)31-16-21/h3-5,14-17H,6-13H2,1-2H3,(H2,29,30,31). The van der Waals surface area contributed by atoms with E-state index in [1.165, 1.54) is 0 Å². The van der Waals surface area contributed by atoms with E-state index >= 15 is 0 Å². The molecule has 0 bridgehead atoms. The number of carbonyl (C=O) groups is 1. The van der Waals surface area contributed by atoms with Gasteiger partial charge in [0.15, 0.2) is 11.6 Å². The number of fused-ring (bicyclic) bond motifs is 1. The molecule has 1 amide bonds. The van der Waals surface area contributed by atoms with Crippen molar-refractivity contribution in [2.75, 3.05) is 50.0 Å². The number of ether oxygens (including phenoxy) is 1. The van der Waals surface area contributed by atoms with Crippen LogP contribution in [0.5, 0.6) is 0 Å². The first kappa shape index (κ1) is 24.7. The summed E-state index contributed by atoms with van der Waals surface area (Å²) < 4.78 is 6.63. The van der Waals surface area contributed by atoms with Crippen LogP contribution in [0.3, 0.4) is 0 Å².